The number of ether oxygens (including phenoxy) is 2. The van der Waals surface area contributed by atoms with Crippen LogP contribution in [0.3, 0.4) is 0 Å². The predicted octanol–water partition coefficient (Wildman–Crippen LogP) is 4.40. The molecule has 1 aliphatic heterocycles. The van der Waals surface area contributed by atoms with Crippen LogP contribution in [-0.2, 0) is 4.74 Å². The van der Waals surface area contributed by atoms with Crippen molar-refractivity contribution in [3.63, 3.8) is 0 Å². The number of rotatable bonds is 5. The lowest BCUT2D eigenvalue weighted by Gasteiger charge is -2.23. The molecule has 1 aromatic heterocycles. The number of carbonyl (C=O) groups excluding carboxylic acids is 2. The maximum absolute atomic E-state index is 12.7. The average Bonchev–Trinajstić information content (AvgIpc) is 3.16. The van der Waals surface area contributed by atoms with E-state index in [2.05, 4.69) is 15.6 Å². The zero-order chi connectivity index (χ0) is 24.3. The monoisotopic (exact) mass is 460 g/mol. The molecule has 0 bridgehead atoms. The van der Waals surface area contributed by atoms with E-state index in [9.17, 15) is 9.59 Å². The van der Waals surface area contributed by atoms with Crippen LogP contribution in [-0.4, -0.2) is 41.1 Å². The average molecular weight is 461 g/mol. The first kappa shape index (κ1) is 23.2. The fourth-order valence-corrected chi connectivity index (χ4v) is 3.97. The van der Waals surface area contributed by atoms with Crippen LogP contribution in [0.2, 0.25) is 0 Å². The summed E-state index contributed by atoms with van der Waals surface area (Å²) in [7, 11) is 0. The molecule has 4 rings (SSSR count). The molecule has 2 aromatic carbocycles. The quantitative estimate of drug-likeness (QED) is 0.386. The third-order valence-electron chi connectivity index (χ3n) is 5.45. The Morgan fingerprint density at radius 3 is 2.65 bits per heavy atom. The Bertz CT molecular complexity index is 1230. The van der Waals surface area contributed by atoms with Crippen LogP contribution in [0, 0.1) is 5.41 Å². The van der Waals surface area contributed by atoms with Crippen LogP contribution in [0.4, 0.5) is 4.79 Å². The highest BCUT2D eigenvalue weighted by Gasteiger charge is 2.38. The van der Waals surface area contributed by atoms with E-state index in [1.54, 1.807) is 27.0 Å². The molecule has 0 saturated carbocycles. The molecular weight excluding hydrogens is 432 g/mol. The number of carbonyl (C=O) groups is 2. The highest BCUT2D eigenvalue weighted by molar-refractivity contribution is 5.98. The van der Waals surface area contributed by atoms with Crippen LogP contribution >= 0.6 is 0 Å². The fourth-order valence-electron chi connectivity index (χ4n) is 3.97. The van der Waals surface area contributed by atoms with E-state index in [4.69, 9.17) is 14.9 Å². The van der Waals surface area contributed by atoms with Gasteiger partial charge in [0.25, 0.3) is 5.91 Å². The minimum Gasteiger partial charge on any atom is -0.482 e. The number of alkyl carbamates (subject to hydrolysis) is 1. The van der Waals surface area contributed by atoms with Gasteiger partial charge in [0.05, 0.1) is 11.1 Å². The van der Waals surface area contributed by atoms with Gasteiger partial charge in [0, 0.05) is 29.6 Å². The molecule has 3 aromatic rings. The van der Waals surface area contributed by atoms with Crippen LogP contribution in [0.1, 0.15) is 49.0 Å². The number of aromatic nitrogens is 1. The first-order valence-corrected chi connectivity index (χ1v) is 11.2. The van der Waals surface area contributed by atoms with Crippen LogP contribution in [0.15, 0.2) is 60.8 Å². The van der Waals surface area contributed by atoms with Crippen molar-refractivity contribution in [1.29, 1.82) is 5.41 Å². The molecule has 3 N–H and O–H groups in total. The van der Waals surface area contributed by atoms with E-state index in [1.165, 1.54) is 0 Å². The van der Waals surface area contributed by atoms with Gasteiger partial charge in [-0.3, -0.25) is 20.5 Å². The molecule has 0 fully saturated rings. The summed E-state index contributed by atoms with van der Waals surface area (Å²) in [6, 6.07) is 17.0. The zero-order valence-electron chi connectivity index (χ0n) is 19.4. The summed E-state index contributed by atoms with van der Waals surface area (Å²) in [5.74, 6) is 0.149. The van der Waals surface area contributed by atoms with E-state index in [0.29, 0.717) is 24.3 Å². The summed E-state index contributed by atoms with van der Waals surface area (Å²) in [4.78, 5) is 29.2. The lowest BCUT2D eigenvalue weighted by molar-refractivity contribution is 0.0556. The van der Waals surface area contributed by atoms with Crippen LogP contribution < -0.4 is 15.4 Å². The molecule has 34 heavy (non-hydrogen) atoms. The van der Waals surface area contributed by atoms with Gasteiger partial charge in [-0.2, -0.15) is 0 Å². The van der Waals surface area contributed by atoms with Crippen molar-refractivity contribution in [2.24, 2.45) is 0 Å². The molecule has 2 unspecified atom stereocenters. The summed E-state index contributed by atoms with van der Waals surface area (Å²) in [5.41, 5.74) is 1.57. The topological polar surface area (TPSA) is 113 Å². The van der Waals surface area contributed by atoms with Gasteiger partial charge in [-0.25, -0.2) is 4.79 Å². The molecular formula is C26H28N4O4. The van der Waals surface area contributed by atoms with E-state index in [0.717, 1.165) is 16.5 Å². The first-order chi connectivity index (χ1) is 16.2. The smallest absolute Gasteiger partial charge is 0.413 e. The summed E-state index contributed by atoms with van der Waals surface area (Å²) in [6.07, 6.45) is 0.693. The van der Waals surface area contributed by atoms with E-state index < -0.39 is 17.8 Å². The molecule has 0 aliphatic carbocycles. The van der Waals surface area contributed by atoms with Crippen molar-refractivity contribution < 1.29 is 19.1 Å². The molecule has 2 atom stereocenters. The maximum atomic E-state index is 12.7. The van der Waals surface area contributed by atoms with Crippen molar-refractivity contribution in [2.75, 3.05) is 6.54 Å². The van der Waals surface area contributed by atoms with E-state index in [1.807, 2.05) is 54.6 Å². The van der Waals surface area contributed by atoms with E-state index >= 15 is 0 Å². The minimum absolute atomic E-state index is 0.0829. The van der Waals surface area contributed by atoms with Crippen molar-refractivity contribution in [3.05, 3.63) is 71.9 Å². The van der Waals surface area contributed by atoms with Gasteiger partial charge in [-0.1, -0.05) is 36.4 Å². The molecule has 8 heteroatoms. The Kier molecular flexibility index (Phi) is 6.49. The molecule has 1 aliphatic rings. The molecule has 176 valence electrons. The Balaban J connectivity index is 1.42. The highest BCUT2D eigenvalue weighted by Crippen LogP contribution is 2.40. The number of nitrogens with one attached hydrogen (secondary N) is 3. The predicted molar refractivity (Wildman–Crippen MR) is 129 cm³/mol. The molecule has 2 amide bonds. The SMILES string of the molecule is CC(C)(C)OC(=O)NC(=N)C1Oc2ccccc2C1CCNC(=O)c1cnc2ccccc2c1. The maximum Gasteiger partial charge on any atom is 0.413 e. The lowest BCUT2D eigenvalue weighted by atomic mass is 9.91. The summed E-state index contributed by atoms with van der Waals surface area (Å²) in [5, 5.41) is 14.7. The number of amides is 2. The number of hydrogen-bond donors (Lipinski definition) is 3. The third-order valence-corrected chi connectivity index (χ3v) is 5.45. The van der Waals surface area contributed by atoms with Gasteiger partial charge in [-0.15, -0.1) is 0 Å². The van der Waals surface area contributed by atoms with Crippen molar-refractivity contribution >= 4 is 28.7 Å². The van der Waals surface area contributed by atoms with Crippen molar-refractivity contribution in [1.82, 2.24) is 15.6 Å². The van der Waals surface area contributed by atoms with Crippen molar-refractivity contribution in [2.45, 2.75) is 44.8 Å². The number of para-hydroxylation sites is 2. The summed E-state index contributed by atoms with van der Waals surface area (Å²) in [6.45, 7) is 5.64. The summed E-state index contributed by atoms with van der Waals surface area (Å²) < 4.78 is 11.2. The van der Waals surface area contributed by atoms with Gasteiger partial charge in [-0.05, 0) is 45.4 Å². The second kappa shape index (κ2) is 9.51. The molecule has 2 heterocycles. The number of pyridine rings is 1. The number of hydrogen-bond acceptors (Lipinski definition) is 6. The number of amidine groups is 1. The van der Waals surface area contributed by atoms with Gasteiger partial charge < -0.3 is 14.8 Å². The molecule has 0 spiro atoms. The molecule has 0 saturated heterocycles. The second-order valence-corrected chi connectivity index (χ2v) is 9.18. The Morgan fingerprint density at radius 2 is 1.85 bits per heavy atom. The van der Waals surface area contributed by atoms with E-state index in [-0.39, 0.29) is 17.7 Å². The molecule has 0 radical (unpaired) electrons. The second-order valence-electron chi connectivity index (χ2n) is 9.18. The lowest BCUT2D eigenvalue weighted by Crippen LogP contribution is -2.44. The number of benzene rings is 2. The zero-order valence-corrected chi connectivity index (χ0v) is 19.4. The standard InChI is InChI=1S/C26H28N4O4/c1-26(2,3)34-25(32)30-23(27)22-19(18-9-5-7-11-21(18)33-22)12-13-28-24(31)17-14-16-8-4-6-10-20(16)29-15-17/h4-11,14-15,19,22H,12-13H2,1-3H3,(H,28,31)(H2,27,30,32). The fraction of sp³-hybridized carbons (Fsp3) is 0.308. The van der Waals surface area contributed by atoms with Gasteiger partial charge in [0.2, 0.25) is 0 Å². The number of fused-ring (bicyclic) bond motifs is 2. The Hall–Kier alpha value is -3.94. The highest BCUT2D eigenvalue weighted by atomic mass is 16.6. The largest absolute Gasteiger partial charge is 0.482 e. The van der Waals surface area contributed by atoms with Gasteiger partial charge in [0.1, 0.15) is 17.2 Å². The minimum atomic E-state index is -0.701. The Labute approximate surface area is 198 Å². The first-order valence-electron chi connectivity index (χ1n) is 11.2. The van der Waals surface area contributed by atoms with Crippen molar-refractivity contribution in [3.8, 4) is 5.75 Å². The number of nitrogens with zero attached hydrogens (tertiary/aromatic N) is 1. The normalized spacial score (nSPS) is 16.9. The van der Waals surface area contributed by atoms with Gasteiger partial charge in [0.15, 0.2) is 6.10 Å². The molecule has 8 nitrogen and oxygen atoms in total. The van der Waals surface area contributed by atoms with Crippen LogP contribution in [0.25, 0.3) is 10.9 Å². The third kappa shape index (κ3) is 5.33. The van der Waals surface area contributed by atoms with Crippen LogP contribution in [0.5, 0.6) is 5.75 Å². The van der Waals surface area contributed by atoms with Gasteiger partial charge >= 0.3 is 6.09 Å². The summed E-state index contributed by atoms with van der Waals surface area (Å²) >= 11 is 0. The Morgan fingerprint density at radius 1 is 1.12 bits per heavy atom.